The van der Waals surface area contributed by atoms with E-state index in [0.29, 0.717) is 12.5 Å². The van der Waals surface area contributed by atoms with Crippen LogP contribution in [0.3, 0.4) is 0 Å². The standard InChI is InChI=1S/C16H26N4OS/c1-11(15-17-8-12(2)22-15)7-18-16(21)19-9-13-5-6-20(10-13)14-3-4-14/h8,11,13-14H,3-7,9-10H2,1-2H3,(H2,18,19,21)/t11-,13-/m0/s1. The minimum atomic E-state index is -0.0509. The van der Waals surface area contributed by atoms with Crippen molar-refractivity contribution in [3.8, 4) is 0 Å². The number of nitrogens with zero attached hydrogens (tertiary/aromatic N) is 2. The number of aromatic nitrogens is 1. The molecule has 3 rings (SSSR count). The van der Waals surface area contributed by atoms with Crippen LogP contribution in [0.5, 0.6) is 0 Å². The number of aryl methyl sites for hydroxylation is 1. The van der Waals surface area contributed by atoms with Crippen LogP contribution in [0.2, 0.25) is 0 Å². The Balaban J connectivity index is 1.32. The fourth-order valence-electron chi connectivity index (χ4n) is 3.03. The van der Waals surface area contributed by atoms with Crippen molar-refractivity contribution in [1.29, 1.82) is 0 Å². The Labute approximate surface area is 136 Å². The van der Waals surface area contributed by atoms with E-state index in [1.165, 1.54) is 30.7 Å². The number of likely N-dealkylation sites (tertiary alicyclic amines) is 1. The molecule has 0 radical (unpaired) electrons. The van der Waals surface area contributed by atoms with Crippen LogP contribution in [0, 0.1) is 12.8 Å². The van der Waals surface area contributed by atoms with Gasteiger partial charge in [0, 0.05) is 42.7 Å². The molecule has 1 saturated heterocycles. The van der Waals surface area contributed by atoms with E-state index in [9.17, 15) is 4.79 Å². The predicted octanol–water partition coefficient (Wildman–Crippen LogP) is 2.34. The fourth-order valence-corrected chi connectivity index (χ4v) is 3.86. The summed E-state index contributed by atoms with van der Waals surface area (Å²) in [5.74, 6) is 0.881. The van der Waals surface area contributed by atoms with Crippen LogP contribution < -0.4 is 10.6 Å². The summed E-state index contributed by atoms with van der Waals surface area (Å²) < 4.78 is 0. The van der Waals surface area contributed by atoms with Crippen LogP contribution in [-0.4, -0.2) is 48.1 Å². The summed E-state index contributed by atoms with van der Waals surface area (Å²) in [5.41, 5.74) is 0. The average molecular weight is 322 g/mol. The van der Waals surface area contributed by atoms with Crippen LogP contribution in [0.4, 0.5) is 4.79 Å². The van der Waals surface area contributed by atoms with Crippen molar-refractivity contribution in [2.45, 2.75) is 45.1 Å². The van der Waals surface area contributed by atoms with E-state index in [2.05, 4.69) is 34.4 Å². The maximum atomic E-state index is 11.9. The molecule has 2 heterocycles. The Morgan fingerprint density at radius 3 is 2.95 bits per heavy atom. The van der Waals surface area contributed by atoms with Gasteiger partial charge in [-0.15, -0.1) is 11.3 Å². The first-order valence-electron chi connectivity index (χ1n) is 8.30. The number of hydrogen-bond donors (Lipinski definition) is 2. The first-order chi connectivity index (χ1) is 10.6. The van der Waals surface area contributed by atoms with Crippen LogP contribution in [0.25, 0.3) is 0 Å². The number of nitrogens with one attached hydrogen (secondary N) is 2. The molecule has 2 atom stereocenters. The molecule has 0 spiro atoms. The largest absolute Gasteiger partial charge is 0.338 e. The van der Waals surface area contributed by atoms with E-state index in [1.54, 1.807) is 11.3 Å². The molecule has 1 aliphatic heterocycles. The molecule has 6 heteroatoms. The van der Waals surface area contributed by atoms with Crippen LogP contribution in [0.15, 0.2) is 6.20 Å². The second-order valence-corrected chi connectivity index (χ2v) is 7.95. The molecule has 0 aromatic carbocycles. The van der Waals surface area contributed by atoms with Gasteiger partial charge in [-0.1, -0.05) is 6.92 Å². The molecule has 1 aliphatic carbocycles. The van der Waals surface area contributed by atoms with Gasteiger partial charge in [0.1, 0.15) is 0 Å². The lowest BCUT2D eigenvalue weighted by molar-refractivity contribution is 0.238. The Kier molecular flexibility index (Phi) is 4.98. The summed E-state index contributed by atoms with van der Waals surface area (Å²) in [6, 6.07) is 0.798. The zero-order chi connectivity index (χ0) is 15.5. The van der Waals surface area contributed by atoms with Crippen molar-refractivity contribution in [3.63, 3.8) is 0 Å². The topological polar surface area (TPSA) is 57.3 Å². The number of carbonyl (C=O) groups excluding carboxylic acids is 1. The molecule has 1 aromatic rings. The van der Waals surface area contributed by atoms with E-state index < -0.39 is 0 Å². The zero-order valence-electron chi connectivity index (χ0n) is 13.5. The molecule has 1 aromatic heterocycles. The Bertz CT molecular complexity index is 514. The van der Waals surface area contributed by atoms with Gasteiger partial charge in [-0.05, 0) is 38.6 Å². The Hall–Kier alpha value is -1.14. The van der Waals surface area contributed by atoms with Gasteiger partial charge in [-0.2, -0.15) is 0 Å². The first kappa shape index (κ1) is 15.7. The first-order valence-corrected chi connectivity index (χ1v) is 9.11. The number of amides is 2. The summed E-state index contributed by atoms with van der Waals surface area (Å²) in [4.78, 5) is 20.1. The summed E-state index contributed by atoms with van der Waals surface area (Å²) >= 11 is 1.70. The quantitative estimate of drug-likeness (QED) is 0.845. The van der Waals surface area contributed by atoms with Crippen molar-refractivity contribution >= 4 is 17.4 Å². The molecule has 22 heavy (non-hydrogen) atoms. The normalized spacial score (nSPS) is 23.5. The lowest BCUT2D eigenvalue weighted by Crippen LogP contribution is -2.40. The minimum Gasteiger partial charge on any atom is -0.338 e. The maximum absolute atomic E-state index is 11.9. The SMILES string of the molecule is Cc1cnc([C@@H](C)CNC(=O)NC[C@@H]2CCN(C3CC3)C2)s1. The molecular formula is C16H26N4OS. The molecular weight excluding hydrogens is 296 g/mol. The van der Waals surface area contributed by atoms with Crippen molar-refractivity contribution in [3.05, 3.63) is 16.1 Å². The van der Waals surface area contributed by atoms with Crippen molar-refractivity contribution in [2.24, 2.45) is 5.92 Å². The van der Waals surface area contributed by atoms with Crippen molar-refractivity contribution in [2.75, 3.05) is 26.2 Å². The highest BCUT2D eigenvalue weighted by Gasteiger charge is 2.34. The van der Waals surface area contributed by atoms with E-state index in [1.807, 2.05) is 6.20 Å². The molecule has 2 fully saturated rings. The summed E-state index contributed by atoms with van der Waals surface area (Å²) in [5, 5.41) is 7.08. The van der Waals surface area contributed by atoms with Gasteiger partial charge in [0.05, 0.1) is 5.01 Å². The molecule has 5 nitrogen and oxygen atoms in total. The van der Waals surface area contributed by atoms with Crippen molar-refractivity contribution < 1.29 is 4.79 Å². The van der Waals surface area contributed by atoms with E-state index in [4.69, 9.17) is 0 Å². The molecule has 1 saturated carbocycles. The number of carbonyl (C=O) groups is 1. The summed E-state index contributed by atoms with van der Waals surface area (Å²) in [6.07, 6.45) is 5.84. The number of urea groups is 1. The van der Waals surface area contributed by atoms with Crippen LogP contribution in [-0.2, 0) is 0 Å². The highest BCUT2D eigenvalue weighted by Crippen LogP contribution is 2.31. The van der Waals surface area contributed by atoms with Crippen LogP contribution in [0.1, 0.15) is 42.0 Å². The molecule has 0 bridgehead atoms. The summed E-state index contributed by atoms with van der Waals surface area (Å²) in [6.45, 7) is 7.94. The highest BCUT2D eigenvalue weighted by atomic mass is 32.1. The third-order valence-electron chi connectivity index (χ3n) is 4.56. The van der Waals surface area contributed by atoms with Crippen LogP contribution >= 0.6 is 11.3 Å². The molecule has 0 unspecified atom stereocenters. The zero-order valence-corrected chi connectivity index (χ0v) is 14.3. The smallest absolute Gasteiger partial charge is 0.314 e. The third kappa shape index (κ3) is 4.20. The second kappa shape index (κ2) is 6.96. The Morgan fingerprint density at radius 2 is 2.27 bits per heavy atom. The molecule has 2 N–H and O–H groups in total. The monoisotopic (exact) mass is 322 g/mol. The second-order valence-electron chi connectivity index (χ2n) is 6.68. The number of thiazole rings is 1. The number of rotatable bonds is 6. The highest BCUT2D eigenvalue weighted by molar-refractivity contribution is 7.11. The van der Waals surface area contributed by atoms with E-state index in [-0.39, 0.29) is 11.9 Å². The van der Waals surface area contributed by atoms with Gasteiger partial charge >= 0.3 is 6.03 Å². The predicted molar refractivity (Wildman–Crippen MR) is 89.4 cm³/mol. The van der Waals surface area contributed by atoms with Gasteiger partial charge in [-0.3, -0.25) is 0 Å². The lowest BCUT2D eigenvalue weighted by atomic mass is 10.1. The molecule has 2 amide bonds. The summed E-state index contributed by atoms with van der Waals surface area (Å²) in [7, 11) is 0. The maximum Gasteiger partial charge on any atom is 0.314 e. The lowest BCUT2D eigenvalue weighted by Gasteiger charge is -2.16. The molecule has 2 aliphatic rings. The fraction of sp³-hybridized carbons (Fsp3) is 0.750. The van der Waals surface area contributed by atoms with E-state index in [0.717, 1.165) is 24.1 Å². The van der Waals surface area contributed by atoms with Gasteiger partial charge in [0.2, 0.25) is 0 Å². The van der Waals surface area contributed by atoms with Gasteiger partial charge < -0.3 is 15.5 Å². The third-order valence-corrected chi connectivity index (χ3v) is 5.71. The van der Waals surface area contributed by atoms with Crippen molar-refractivity contribution in [1.82, 2.24) is 20.5 Å². The Morgan fingerprint density at radius 1 is 1.45 bits per heavy atom. The van der Waals surface area contributed by atoms with Gasteiger partial charge in [0.15, 0.2) is 0 Å². The van der Waals surface area contributed by atoms with Gasteiger partial charge in [-0.25, -0.2) is 9.78 Å². The molecule has 122 valence electrons. The van der Waals surface area contributed by atoms with E-state index >= 15 is 0 Å². The minimum absolute atomic E-state index is 0.0509. The average Bonchev–Trinajstić information content (AvgIpc) is 3.09. The van der Waals surface area contributed by atoms with Gasteiger partial charge in [0.25, 0.3) is 0 Å². The number of hydrogen-bond acceptors (Lipinski definition) is 4.